The summed E-state index contributed by atoms with van der Waals surface area (Å²) < 4.78 is 41.8. The van der Waals surface area contributed by atoms with Crippen LogP contribution in [0, 0.1) is 5.82 Å². The molecule has 2 aliphatic heterocycles. The number of nitrogens with zero attached hydrogens (tertiary/aromatic N) is 3. The van der Waals surface area contributed by atoms with Crippen molar-refractivity contribution in [1.29, 1.82) is 0 Å². The molecule has 0 saturated carbocycles. The third-order valence-electron chi connectivity index (χ3n) is 6.24. The quantitative estimate of drug-likeness (QED) is 0.688. The van der Waals surface area contributed by atoms with Crippen LogP contribution in [0.15, 0.2) is 53.4 Å². The van der Waals surface area contributed by atoms with Gasteiger partial charge in [-0.15, -0.1) is 0 Å². The average Bonchev–Trinajstić information content (AvgIpc) is 3.05. The molecule has 2 fully saturated rings. The van der Waals surface area contributed by atoms with Gasteiger partial charge >= 0.3 is 0 Å². The maximum Gasteiger partial charge on any atom is 0.253 e. The molecule has 0 aromatic heterocycles. The third kappa shape index (κ3) is 5.19. The van der Waals surface area contributed by atoms with Crippen LogP contribution < -0.4 is 0 Å². The molecule has 8 heteroatoms. The monoisotopic (exact) mass is 459 g/mol. The summed E-state index contributed by atoms with van der Waals surface area (Å²) in [5.41, 5.74) is 1.46. The molecule has 0 unspecified atom stereocenters. The van der Waals surface area contributed by atoms with E-state index < -0.39 is 20.7 Å². The first kappa shape index (κ1) is 22.9. The van der Waals surface area contributed by atoms with E-state index in [1.165, 1.54) is 22.0 Å². The van der Waals surface area contributed by atoms with Crippen LogP contribution in [0.2, 0.25) is 0 Å². The number of carbonyl (C=O) groups is 1. The van der Waals surface area contributed by atoms with Gasteiger partial charge in [-0.2, -0.15) is 4.31 Å². The lowest BCUT2D eigenvalue weighted by molar-refractivity contribution is 0.0760. The van der Waals surface area contributed by atoms with E-state index in [9.17, 15) is 17.6 Å². The van der Waals surface area contributed by atoms with Gasteiger partial charge in [0.05, 0.1) is 0 Å². The molecule has 0 aliphatic carbocycles. The van der Waals surface area contributed by atoms with Crippen LogP contribution in [-0.4, -0.2) is 67.7 Å². The van der Waals surface area contributed by atoms with Crippen molar-refractivity contribution < 1.29 is 17.6 Å². The second-order valence-electron chi connectivity index (χ2n) is 8.52. The van der Waals surface area contributed by atoms with Gasteiger partial charge in [-0.1, -0.05) is 36.8 Å². The van der Waals surface area contributed by atoms with Crippen molar-refractivity contribution in [1.82, 2.24) is 14.1 Å². The summed E-state index contributed by atoms with van der Waals surface area (Å²) in [6, 6.07) is 13.9. The van der Waals surface area contributed by atoms with Crippen molar-refractivity contribution in [3.05, 3.63) is 65.5 Å². The lowest BCUT2D eigenvalue weighted by atomic mass is 10.2. The van der Waals surface area contributed by atoms with Crippen molar-refractivity contribution in [2.45, 2.75) is 37.1 Å². The molecule has 2 aromatic rings. The van der Waals surface area contributed by atoms with Gasteiger partial charge in [0, 0.05) is 51.4 Å². The molecule has 6 nitrogen and oxygen atoms in total. The molecule has 2 aromatic carbocycles. The first-order chi connectivity index (χ1) is 15.4. The van der Waals surface area contributed by atoms with E-state index >= 15 is 0 Å². The Morgan fingerprint density at radius 3 is 2.34 bits per heavy atom. The van der Waals surface area contributed by atoms with Crippen LogP contribution in [0.25, 0.3) is 0 Å². The Hall–Kier alpha value is -2.29. The molecule has 0 N–H and O–H groups in total. The average molecular weight is 460 g/mol. The number of sulfonamides is 1. The fourth-order valence-corrected chi connectivity index (χ4v) is 6.04. The Morgan fingerprint density at radius 2 is 1.59 bits per heavy atom. The molecule has 0 atom stereocenters. The first-order valence-electron chi connectivity index (χ1n) is 11.3. The standard InChI is InChI=1S/C24H30FN3O3S/c25-22-11-10-21(18-23(22)32(30,31)28-14-5-2-6-15-28)24(29)27-13-7-12-26(16-17-27)19-20-8-3-1-4-9-20/h1,3-4,8-11,18H,2,5-7,12-17,19H2. The van der Waals surface area contributed by atoms with E-state index in [4.69, 9.17) is 0 Å². The van der Waals surface area contributed by atoms with Gasteiger partial charge in [0.25, 0.3) is 5.91 Å². The van der Waals surface area contributed by atoms with Gasteiger partial charge in [-0.25, -0.2) is 12.8 Å². The second-order valence-corrected chi connectivity index (χ2v) is 10.4. The molecule has 0 radical (unpaired) electrons. The number of carbonyl (C=O) groups excluding carboxylic acids is 1. The summed E-state index contributed by atoms with van der Waals surface area (Å²) in [5, 5.41) is 0. The molecule has 0 bridgehead atoms. The molecular formula is C24H30FN3O3S. The van der Waals surface area contributed by atoms with E-state index in [0.29, 0.717) is 26.2 Å². The van der Waals surface area contributed by atoms with Crippen LogP contribution >= 0.6 is 0 Å². The Morgan fingerprint density at radius 1 is 0.844 bits per heavy atom. The van der Waals surface area contributed by atoms with Crippen molar-refractivity contribution in [3.63, 3.8) is 0 Å². The number of rotatable bonds is 5. The lowest BCUT2D eigenvalue weighted by Gasteiger charge is -2.26. The number of benzene rings is 2. The topological polar surface area (TPSA) is 60.9 Å². The summed E-state index contributed by atoms with van der Waals surface area (Å²) in [6.07, 6.45) is 3.35. The summed E-state index contributed by atoms with van der Waals surface area (Å²) in [5.74, 6) is -1.06. The van der Waals surface area contributed by atoms with Gasteiger partial charge < -0.3 is 4.90 Å². The fraction of sp³-hybridized carbons (Fsp3) is 0.458. The molecule has 2 heterocycles. The Kier molecular flexibility index (Phi) is 7.23. The summed E-state index contributed by atoms with van der Waals surface area (Å²) in [4.78, 5) is 16.8. The highest BCUT2D eigenvalue weighted by Gasteiger charge is 2.30. The van der Waals surface area contributed by atoms with Crippen LogP contribution in [0.1, 0.15) is 41.6 Å². The molecule has 172 valence electrons. The zero-order valence-corrected chi connectivity index (χ0v) is 19.1. The van der Waals surface area contributed by atoms with Gasteiger partial charge in [-0.3, -0.25) is 9.69 Å². The second kappa shape index (κ2) is 10.1. The van der Waals surface area contributed by atoms with Crippen LogP contribution in [-0.2, 0) is 16.6 Å². The Labute approximate surface area is 189 Å². The van der Waals surface area contributed by atoms with E-state index in [2.05, 4.69) is 17.0 Å². The third-order valence-corrected chi connectivity index (χ3v) is 8.15. The van der Waals surface area contributed by atoms with E-state index in [0.717, 1.165) is 51.4 Å². The van der Waals surface area contributed by atoms with E-state index in [1.54, 1.807) is 4.90 Å². The smallest absolute Gasteiger partial charge is 0.253 e. The van der Waals surface area contributed by atoms with Crippen LogP contribution in [0.3, 0.4) is 0 Å². The minimum atomic E-state index is -3.95. The van der Waals surface area contributed by atoms with Crippen LogP contribution in [0.4, 0.5) is 4.39 Å². The molecule has 2 saturated heterocycles. The molecule has 0 spiro atoms. The lowest BCUT2D eigenvalue weighted by Crippen LogP contribution is -2.37. The molecule has 1 amide bonds. The van der Waals surface area contributed by atoms with Crippen LogP contribution in [0.5, 0.6) is 0 Å². The minimum Gasteiger partial charge on any atom is -0.337 e. The number of hydrogen-bond donors (Lipinski definition) is 0. The zero-order valence-electron chi connectivity index (χ0n) is 18.2. The maximum atomic E-state index is 14.5. The van der Waals surface area contributed by atoms with Crippen molar-refractivity contribution in [2.24, 2.45) is 0 Å². The van der Waals surface area contributed by atoms with Crippen molar-refractivity contribution in [3.8, 4) is 0 Å². The molecule has 32 heavy (non-hydrogen) atoms. The minimum absolute atomic E-state index is 0.221. The maximum absolute atomic E-state index is 14.5. The predicted molar refractivity (Wildman–Crippen MR) is 121 cm³/mol. The SMILES string of the molecule is O=C(c1ccc(F)c(S(=O)(=O)N2CCCCC2)c1)N1CCCN(Cc2ccccc2)CC1. The largest absolute Gasteiger partial charge is 0.337 e. The van der Waals surface area contributed by atoms with E-state index in [-0.39, 0.29) is 11.5 Å². The van der Waals surface area contributed by atoms with Crippen molar-refractivity contribution in [2.75, 3.05) is 39.3 Å². The number of piperidine rings is 1. The summed E-state index contributed by atoms with van der Waals surface area (Å²) in [6.45, 7) is 4.38. The molecular weight excluding hydrogens is 429 g/mol. The summed E-state index contributed by atoms with van der Waals surface area (Å²) >= 11 is 0. The molecule has 2 aliphatic rings. The Balaban J connectivity index is 1.47. The number of amides is 1. The number of hydrogen-bond acceptors (Lipinski definition) is 4. The predicted octanol–water partition coefficient (Wildman–Crippen LogP) is 3.35. The van der Waals surface area contributed by atoms with Crippen molar-refractivity contribution >= 4 is 15.9 Å². The first-order valence-corrected chi connectivity index (χ1v) is 12.7. The van der Waals surface area contributed by atoms with Gasteiger partial charge in [0.2, 0.25) is 10.0 Å². The van der Waals surface area contributed by atoms with E-state index in [1.807, 2.05) is 18.2 Å². The van der Waals surface area contributed by atoms with Gasteiger partial charge in [0.15, 0.2) is 0 Å². The van der Waals surface area contributed by atoms with Gasteiger partial charge in [0.1, 0.15) is 10.7 Å². The Bertz CT molecular complexity index is 1040. The molecule has 4 rings (SSSR count). The normalized spacial score (nSPS) is 19.0. The number of halogens is 1. The van der Waals surface area contributed by atoms with Gasteiger partial charge in [-0.05, 0) is 43.0 Å². The zero-order chi connectivity index (χ0) is 22.6. The summed E-state index contributed by atoms with van der Waals surface area (Å²) in [7, 11) is -3.95. The highest BCUT2D eigenvalue weighted by Crippen LogP contribution is 2.24. The fourth-order valence-electron chi connectivity index (χ4n) is 4.43. The highest BCUT2D eigenvalue weighted by molar-refractivity contribution is 7.89. The highest BCUT2D eigenvalue weighted by atomic mass is 32.2.